The first-order chi connectivity index (χ1) is 8.66. The van der Waals surface area contributed by atoms with E-state index in [-0.39, 0.29) is 6.08 Å². The maximum absolute atomic E-state index is 12.6. The van der Waals surface area contributed by atoms with Gasteiger partial charge in [0.05, 0.1) is 0 Å². The summed E-state index contributed by atoms with van der Waals surface area (Å²) in [7, 11) is -5.75. The minimum Gasteiger partial charge on any atom is -0.435 e. The summed E-state index contributed by atoms with van der Waals surface area (Å²) < 4.78 is 108. The van der Waals surface area contributed by atoms with Gasteiger partial charge in [-0.2, -0.15) is 34.8 Å². The van der Waals surface area contributed by atoms with Gasteiger partial charge in [0.2, 0.25) is 0 Å². The lowest BCUT2D eigenvalue weighted by Gasteiger charge is -2.35. The molecule has 0 aliphatic carbocycles. The van der Waals surface area contributed by atoms with E-state index in [2.05, 4.69) is 4.74 Å². The van der Waals surface area contributed by atoms with Crippen LogP contribution in [0.5, 0.6) is 0 Å². The smallest absolute Gasteiger partial charge is 0.435 e. The second kappa shape index (κ2) is 5.60. The molecule has 0 atom stereocenters. The SMILES string of the molecule is C/C=C/C(=O)OC(CS(=O)(=O)O)(C(F)(F)F)C(F)(F)F. The van der Waals surface area contributed by atoms with Crippen LogP contribution in [0.25, 0.3) is 0 Å². The Kier molecular flexibility index (Phi) is 5.23. The summed E-state index contributed by atoms with van der Waals surface area (Å²) in [5.74, 6) is -4.96. The second-order valence-corrected chi connectivity index (χ2v) is 4.92. The van der Waals surface area contributed by atoms with Crippen LogP contribution in [0.15, 0.2) is 12.2 Å². The fraction of sp³-hybridized carbons (Fsp3) is 0.625. The molecular weight excluding hydrogens is 322 g/mol. The summed E-state index contributed by atoms with van der Waals surface area (Å²) in [4.78, 5) is 10.9. The largest absolute Gasteiger partial charge is 0.438 e. The molecule has 0 aliphatic rings. The van der Waals surface area contributed by atoms with Gasteiger partial charge in [0.15, 0.2) is 0 Å². The standard InChI is InChI=1S/C8H8F6O5S/c1-2-3-5(15)19-6(7(9,10)11,8(12,13)14)4-20(16,17)18/h2-3H,4H2,1H3,(H,16,17,18)/b3-2+. The number of carbonyl (C=O) groups excluding carboxylic acids is 1. The average Bonchev–Trinajstić information content (AvgIpc) is 2.10. The monoisotopic (exact) mass is 330 g/mol. The number of rotatable bonds is 4. The summed E-state index contributed by atoms with van der Waals surface area (Å²) in [6.45, 7) is 1.10. The highest BCUT2D eigenvalue weighted by molar-refractivity contribution is 7.85. The Morgan fingerprint density at radius 1 is 1.15 bits per heavy atom. The number of halogens is 6. The lowest BCUT2D eigenvalue weighted by molar-refractivity contribution is -0.360. The Morgan fingerprint density at radius 3 is 1.80 bits per heavy atom. The highest BCUT2D eigenvalue weighted by Gasteiger charge is 2.75. The molecule has 5 nitrogen and oxygen atoms in total. The minimum absolute atomic E-state index is 0.232. The molecule has 1 N–H and O–H groups in total. The summed E-state index contributed by atoms with van der Waals surface area (Å²) in [5, 5.41) is 0. The molecule has 0 aromatic heterocycles. The van der Waals surface area contributed by atoms with E-state index in [1.54, 1.807) is 0 Å². The molecule has 12 heteroatoms. The summed E-state index contributed by atoms with van der Waals surface area (Å²) in [6.07, 6.45) is -11.6. The molecule has 0 saturated carbocycles. The molecule has 0 bridgehead atoms. The van der Waals surface area contributed by atoms with Crippen LogP contribution in [0.2, 0.25) is 0 Å². The first kappa shape index (κ1) is 18.7. The molecule has 0 spiro atoms. The minimum atomic E-state index is -6.31. The molecule has 0 saturated heterocycles. The van der Waals surface area contributed by atoms with Crippen LogP contribution in [-0.2, 0) is 19.6 Å². The van der Waals surface area contributed by atoms with Crippen LogP contribution in [-0.4, -0.2) is 42.6 Å². The zero-order valence-electron chi connectivity index (χ0n) is 9.62. The topological polar surface area (TPSA) is 80.7 Å². The molecule has 0 amide bonds. The van der Waals surface area contributed by atoms with Crippen molar-refractivity contribution in [3.63, 3.8) is 0 Å². The van der Waals surface area contributed by atoms with E-state index in [1.165, 1.54) is 0 Å². The Balaban J connectivity index is 6.03. The van der Waals surface area contributed by atoms with E-state index in [1.807, 2.05) is 0 Å². The van der Waals surface area contributed by atoms with E-state index >= 15 is 0 Å². The van der Waals surface area contributed by atoms with Gasteiger partial charge < -0.3 is 4.74 Å². The number of allylic oxidation sites excluding steroid dienone is 1. The molecule has 0 fully saturated rings. The van der Waals surface area contributed by atoms with Gasteiger partial charge in [0, 0.05) is 6.08 Å². The van der Waals surface area contributed by atoms with Crippen LogP contribution in [0, 0.1) is 0 Å². The number of hydrogen-bond acceptors (Lipinski definition) is 4. The second-order valence-electron chi connectivity index (χ2n) is 3.47. The van der Waals surface area contributed by atoms with Gasteiger partial charge in [-0.25, -0.2) is 4.79 Å². The molecule has 0 unspecified atom stereocenters. The third-order valence-electron chi connectivity index (χ3n) is 1.88. The van der Waals surface area contributed by atoms with E-state index in [0.29, 0.717) is 0 Å². The van der Waals surface area contributed by atoms with Crippen LogP contribution in [0.3, 0.4) is 0 Å². The molecule has 0 aliphatic heterocycles. The van der Waals surface area contributed by atoms with Crippen molar-refractivity contribution in [2.24, 2.45) is 0 Å². The lowest BCUT2D eigenvalue weighted by atomic mass is 10.1. The quantitative estimate of drug-likeness (QED) is 0.368. The highest BCUT2D eigenvalue weighted by atomic mass is 32.2. The van der Waals surface area contributed by atoms with Crippen molar-refractivity contribution in [2.75, 3.05) is 5.75 Å². The number of ether oxygens (including phenoxy) is 1. The van der Waals surface area contributed by atoms with Crippen molar-refractivity contribution in [2.45, 2.75) is 24.9 Å². The van der Waals surface area contributed by atoms with Crippen LogP contribution >= 0.6 is 0 Å². The Hall–Kier alpha value is -1.30. The third kappa shape index (κ3) is 4.37. The van der Waals surface area contributed by atoms with Gasteiger partial charge >= 0.3 is 23.9 Å². The molecule has 0 rings (SSSR count). The Bertz CT molecular complexity index is 474. The van der Waals surface area contributed by atoms with Crippen LogP contribution in [0.1, 0.15) is 6.92 Å². The zero-order valence-corrected chi connectivity index (χ0v) is 10.4. The Labute approximate surface area is 109 Å². The van der Waals surface area contributed by atoms with Crippen molar-refractivity contribution in [3.05, 3.63) is 12.2 Å². The van der Waals surface area contributed by atoms with Gasteiger partial charge in [-0.3, -0.25) is 4.55 Å². The molecule has 0 aromatic rings. The van der Waals surface area contributed by atoms with E-state index < -0.39 is 39.8 Å². The third-order valence-corrected chi connectivity index (χ3v) is 2.65. The van der Waals surface area contributed by atoms with Gasteiger partial charge in [-0.1, -0.05) is 6.08 Å². The molecule has 118 valence electrons. The normalized spacial score (nSPS) is 14.6. The Morgan fingerprint density at radius 2 is 1.55 bits per heavy atom. The van der Waals surface area contributed by atoms with Crippen LogP contribution < -0.4 is 0 Å². The van der Waals surface area contributed by atoms with E-state index in [0.717, 1.165) is 13.0 Å². The fourth-order valence-corrected chi connectivity index (χ4v) is 1.97. The number of carbonyl (C=O) groups is 1. The lowest BCUT2D eigenvalue weighted by Crippen LogP contribution is -2.63. The van der Waals surface area contributed by atoms with Crippen molar-refractivity contribution in [1.29, 1.82) is 0 Å². The highest BCUT2D eigenvalue weighted by Crippen LogP contribution is 2.46. The first-order valence-electron chi connectivity index (χ1n) is 4.60. The first-order valence-corrected chi connectivity index (χ1v) is 6.21. The van der Waals surface area contributed by atoms with Crippen molar-refractivity contribution in [1.82, 2.24) is 0 Å². The molecular formula is C8H8F6O5S. The average molecular weight is 330 g/mol. The van der Waals surface area contributed by atoms with Gasteiger partial charge in [-0.05, 0) is 6.92 Å². The summed E-state index contributed by atoms with van der Waals surface area (Å²) in [5.41, 5.74) is -5.36. The summed E-state index contributed by atoms with van der Waals surface area (Å²) in [6, 6.07) is 0. The molecule has 0 aromatic carbocycles. The van der Waals surface area contributed by atoms with Gasteiger partial charge in [0.25, 0.3) is 10.1 Å². The predicted octanol–water partition coefficient (Wildman–Crippen LogP) is 1.86. The van der Waals surface area contributed by atoms with Crippen molar-refractivity contribution in [3.8, 4) is 0 Å². The van der Waals surface area contributed by atoms with Crippen molar-refractivity contribution < 1.29 is 48.8 Å². The molecule has 20 heavy (non-hydrogen) atoms. The number of esters is 1. The molecule has 0 heterocycles. The fourth-order valence-electron chi connectivity index (χ4n) is 1.07. The maximum Gasteiger partial charge on any atom is 0.438 e. The number of hydrogen-bond donors (Lipinski definition) is 1. The maximum atomic E-state index is 12.6. The van der Waals surface area contributed by atoms with Crippen molar-refractivity contribution >= 4 is 16.1 Å². The zero-order chi connectivity index (χ0) is 16.4. The summed E-state index contributed by atoms with van der Waals surface area (Å²) >= 11 is 0. The van der Waals surface area contributed by atoms with Gasteiger partial charge in [-0.15, -0.1) is 0 Å². The predicted molar refractivity (Wildman–Crippen MR) is 52.2 cm³/mol. The van der Waals surface area contributed by atoms with E-state index in [9.17, 15) is 39.6 Å². The number of alkyl halides is 6. The van der Waals surface area contributed by atoms with Crippen LogP contribution in [0.4, 0.5) is 26.3 Å². The van der Waals surface area contributed by atoms with E-state index in [4.69, 9.17) is 4.55 Å². The van der Waals surface area contributed by atoms with Gasteiger partial charge in [0.1, 0.15) is 5.75 Å². The molecule has 0 radical (unpaired) electrons.